The Morgan fingerprint density at radius 2 is 1.52 bits per heavy atom. The summed E-state index contributed by atoms with van der Waals surface area (Å²) in [6.45, 7) is 5.12. The molecule has 4 rings (SSSR count). The van der Waals surface area contributed by atoms with Gasteiger partial charge in [0.2, 0.25) is 23.1 Å². The first-order valence-electron chi connectivity index (χ1n) is 18.2. The lowest BCUT2D eigenvalue weighted by Crippen LogP contribution is -2.78. The van der Waals surface area contributed by atoms with Gasteiger partial charge in [0.05, 0.1) is 0 Å². The molecule has 2 fully saturated rings. The van der Waals surface area contributed by atoms with Gasteiger partial charge in [-0.2, -0.15) is 0 Å². The number of aliphatic hydroxyl groups is 2. The molecule has 2 aliphatic rings. The summed E-state index contributed by atoms with van der Waals surface area (Å²) in [5.74, 6) is -10.8. The van der Waals surface area contributed by atoms with Crippen LogP contribution in [0, 0.1) is 11.8 Å². The second kappa shape index (κ2) is 18.1. The van der Waals surface area contributed by atoms with E-state index >= 15 is 0 Å². The number of carbonyl (C=O) groups excluding carboxylic acids is 2. The predicted molar refractivity (Wildman–Crippen MR) is 191 cm³/mol. The standard InChI is InChI=1S/C40H50O14/c1-25(15-12-20-28-16-6-4-7-17-28)14-10-11-22-31(42)52-33-32(43)38(53-34(35(44)45)39(50,36(46)47)40(33,54-38)37(48)49)23-13-21-30(51-27(3)41)26(2)24-29-18-8-5-9-19-29/h4-10,14,16-19,25-26,30,32-34,43,50H,11-13,15,20-24H2,1-3H3,(H,44,45)(H,46,47)(H,48,49)/b14-10+/t25-,26+,30+,32+,33?,34+,38-,39+,40-/m0/s1. The first-order chi connectivity index (χ1) is 25.6. The van der Waals surface area contributed by atoms with Crippen molar-refractivity contribution in [2.45, 2.75) is 120 Å². The molecule has 0 saturated carbocycles. The van der Waals surface area contributed by atoms with E-state index < -0.39 is 77.7 Å². The largest absolute Gasteiger partial charge is 0.479 e. The summed E-state index contributed by atoms with van der Waals surface area (Å²) in [6.07, 6.45) is -1.75. The lowest BCUT2D eigenvalue weighted by molar-refractivity contribution is -0.374. The van der Waals surface area contributed by atoms with Gasteiger partial charge in [-0.15, -0.1) is 0 Å². The summed E-state index contributed by atoms with van der Waals surface area (Å²) >= 11 is 0. The summed E-state index contributed by atoms with van der Waals surface area (Å²) in [5, 5.41) is 53.7. The number of carboxylic acids is 3. The summed E-state index contributed by atoms with van der Waals surface area (Å²) in [6, 6.07) is 19.4. The molecule has 2 aromatic carbocycles. The molecule has 14 heteroatoms. The molecule has 2 bridgehead atoms. The Labute approximate surface area is 313 Å². The molecule has 5 N–H and O–H groups in total. The highest BCUT2D eigenvalue weighted by atomic mass is 16.8. The molecule has 0 amide bonds. The van der Waals surface area contributed by atoms with Crippen molar-refractivity contribution in [2.75, 3.05) is 0 Å². The first-order valence-corrected chi connectivity index (χ1v) is 18.2. The number of fused-ring (bicyclic) bond motifs is 2. The normalized spacial score (nSPS) is 27.8. The number of hydrogen-bond donors (Lipinski definition) is 5. The zero-order valence-electron chi connectivity index (χ0n) is 30.7. The lowest BCUT2D eigenvalue weighted by atomic mass is 9.74. The highest BCUT2D eigenvalue weighted by molar-refractivity contribution is 5.98. The van der Waals surface area contributed by atoms with Crippen molar-refractivity contribution < 1.29 is 68.5 Å². The average molecular weight is 755 g/mol. The SMILES string of the molecule is CC(=O)O[C@H](CCC[C@]12O[C@H](C(=O)O)[C@@](O)(C(=O)O)[C@](C(=O)O)(O1)C(OC(=O)CC/C=C/[C@H](C)CCCc1ccccc1)[C@H]2O)[C@H](C)Cc1ccccc1. The predicted octanol–water partition coefficient (Wildman–Crippen LogP) is 4.08. The van der Waals surface area contributed by atoms with E-state index in [1.807, 2.05) is 68.5 Å². The highest BCUT2D eigenvalue weighted by Gasteiger charge is 2.85. The molecule has 2 heterocycles. The van der Waals surface area contributed by atoms with Gasteiger partial charge in [0.15, 0.2) is 6.10 Å². The van der Waals surface area contributed by atoms with E-state index in [4.69, 9.17) is 18.9 Å². The van der Waals surface area contributed by atoms with Crippen molar-refractivity contribution in [2.24, 2.45) is 11.8 Å². The van der Waals surface area contributed by atoms with Crippen molar-refractivity contribution in [3.63, 3.8) is 0 Å². The Balaban J connectivity index is 1.51. The molecule has 9 atom stereocenters. The molecule has 0 spiro atoms. The number of carbonyl (C=O) groups is 5. The van der Waals surface area contributed by atoms with E-state index in [9.17, 15) is 49.5 Å². The van der Waals surface area contributed by atoms with Gasteiger partial charge in [-0.1, -0.05) is 86.7 Å². The van der Waals surface area contributed by atoms with Crippen molar-refractivity contribution in [3.05, 3.63) is 83.9 Å². The summed E-state index contributed by atoms with van der Waals surface area (Å²) < 4.78 is 22.2. The van der Waals surface area contributed by atoms with Crippen LogP contribution in [0.5, 0.6) is 0 Å². The van der Waals surface area contributed by atoms with E-state index in [-0.39, 0.29) is 37.5 Å². The third-order valence-corrected chi connectivity index (χ3v) is 10.2. The molecular formula is C40H50O14. The number of ether oxygens (including phenoxy) is 4. The van der Waals surface area contributed by atoms with Gasteiger partial charge < -0.3 is 44.5 Å². The summed E-state index contributed by atoms with van der Waals surface area (Å²) in [5.41, 5.74) is -5.16. The van der Waals surface area contributed by atoms with Crippen LogP contribution in [0.3, 0.4) is 0 Å². The molecule has 0 radical (unpaired) electrons. The number of aliphatic carboxylic acids is 3. The van der Waals surface area contributed by atoms with Crippen LogP contribution >= 0.6 is 0 Å². The van der Waals surface area contributed by atoms with E-state index in [2.05, 4.69) is 12.1 Å². The molecule has 294 valence electrons. The number of rotatable bonds is 20. The smallest absolute Gasteiger partial charge is 0.344 e. The van der Waals surface area contributed by atoms with Gasteiger partial charge in [-0.3, -0.25) is 9.59 Å². The van der Waals surface area contributed by atoms with E-state index in [1.54, 1.807) is 6.08 Å². The van der Waals surface area contributed by atoms with Crippen LogP contribution in [0.15, 0.2) is 72.8 Å². The number of carboxylic acid groups (broad SMARTS) is 3. The molecule has 2 saturated heterocycles. The Morgan fingerprint density at radius 1 is 0.889 bits per heavy atom. The summed E-state index contributed by atoms with van der Waals surface area (Å²) in [4.78, 5) is 63.2. The number of aliphatic hydroxyl groups excluding tert-OH is 1. The van der Waals surface area contributed by atoms with Gasteiger partial charge in [-0.05, 0) is 67.9 Å². The maximum Gasteiger partial charge on any atom is 0.344 e. The van der Waals surface area contributed by atoms with Crippen LogP contribution in [-0.2, 0) is 55.8 Å². The molecule has 0 aliphatic carbocycles. The van der Waals surface area contributed by atoms with Crippen LogP contribution in [0.1, 0.15) is 76.8 Å². The molecule has 14 nitrogen and oxygen atoms in total. The molecule has 0 aromatic heterocycles. The van der Waals surface area contributed by atoms with Gasteiger partial charge >= 0.3 is 29.8 Å². The lowest BCUT2D eigenvalue weighted by Gasteiger charge is -2.48. The van der Waals surface area contributed by atoms with Gasteiger partial charge in [0.1, 0.15) is 12.2 Å². The fraction of sp³-hybridized carbons (Fsp3) is 0.525. The highest BCUT2D eigenvalue weighted by Crippen LogP contribution is 2.55. The van der Waals surface area contributed by atoms with Gasteiger partial charge in [0, 0.05) is 19.8 Å². The van der Waals surface area contributed by atoms with Crippen molar-refractivity contribution in [3.8, 4) is 0 Å². The van der Waals surface area contributed by atoms with Crippen molar-refractivity contribution >= 4 is 29.8 Å². The Hall–Kier alpha value is -4.63. The van der Waals surface area contributed by atoms with Crippen LogP contribution in [0.4, 0.5) is 0 Å². The average Bonchev–Trinajstić information content (AvgIpc) is 3.33. The van der Waals surface area contributed by atoms with E-state index in [0.29, 0.717) is 6.42 Å². The second-order valence-corrected chi connectivity index (χ2v) is 14.2. The molecule has 2 aliphatic heterocycles. The Kier molecular flexibility index (Phi) is 14.1. The van der Waals surface area contributed by atoms with E-state index in [1.165, 1.54) is 12.5 Å². The van der Waals surface area contributed by atoms with E-state index in [0.717, 1.165) is 24.8 Å². The second-order valence-electron chi connectivity index (χ2n) is 14.2. The minimum absolute atomic E-state index is 0.0311. The number of aryl methyl sites for hydroxylation is 1. The Bertz CT molecular complexity index is 1650. The monoisotopic (exact) mass is 754 g/mol. The zero-order chi connectivity index (χ0) is 39.7. The van der Waals surface area contributed by atoms with Crippen LogP contribution in [-0.4, -0.2) is 96.8 Å². The quantitative estimate of drug-likeness (QED) is 0.0950. The maximum absolute atomic E-state index is 13.2. The molecule has 2 aromatic rings. The molecular weight excluding hydrogens is 704 g/mol. The number of hydrogen-bond acceptors (Lipinski definition) is 11. The van der Waals surface area contributed by atoms with Gasteiger partial charge in [0.25, 0.3) is 0 Å². The molecule has 54 heavy (non-hydrogen) atoms. The van der Waals surface area contributed by atoms with Gasteiger partial charge in [-0.25, -0.2) is 14.4 Å². The minimum atomic E-state index is -3.86. The fourth-order valence-corrected chi connectivity index (χ4v) is 7.38. The fourth-order valence-electron chi connectivity index (χ4n) is 7.38. The first kappa shape index (κ1) is 42.1. The molecule has 1 unspecified atom stereocenters. The third-order valence-electron chi connectivity index (χ3n) is 10.2. The maximum atomic E-state index is 13.2. The topological polar surface area (TPSA) is 223 Å². The Morgan fingerprint density at radius 3 is 2.09 bits per heavy atom. The van der Waals surface area contributed by atoms with Crippen molar-refractivity contribution in [1.82, 2.24) is 0 Å². The zero-order valence-corrected chi connectivity index (χ0v) is 30.7. The van der Waals surface area contributed by atoms with Crippen LogP contribution < -0.4 is 0 Å². The number of esters is 2. The van der Waals surface area contributed by atoms with Crippen LogP contribution in [0.25, 0.3) is 0 Å². The minimum Gasteiger partial charge on any atom is -0.479 e. The third kappa shape index (κ3) is 9.17. The summed E-state index contributed by atoms with van der Waals surface area (Å²) in [7, 11) is 0. The van der Waals surface area contributed by atoms with Crippen LogP contribution in [0.2, 0.25) is 0 Å². The number of allylic oxidation sites excluding steroid dienone is 2. The number of benzene rings is 2. The van der Waals surface area contributed by atoms with Crippen molar-refractivity contribution in [1.29, 1.82) is 0 Å².